The topological polar surface area (TPSA) is 149 Å². The van der Waals surface area contributed by atoms with Crippen molar-refractivity contribution in [2.45, 2.75) is 32.4 Å². The summed E-state index contributed by atoms with van der Waals surface area (Å²) in [4.78, 5) is 28.4. The molecule has 2 N–H and O–H groups in total. The van der Waals surface area contributed by atoms with Crippen LogP contribution in [0.2, 0.25) is 0 Å². The van der Waals surface area contributed by atoms with Crippen molar-refractivity contribution in [2.24, 2.45) is 5.11 Å². The third-order valence-electron chi connectivity index (χ3n) is 5.17. The predicted octanol–water partition coefficient (Wildman–Crippen LogP) is 3.64. The van der Waals surface area contributed by atoms with E-state index in [9.17, 15) is 4.79 Å². The predicted molar refractivity (Wildman–Crippen MR) is 107 cm³/mol. The molecule has 0 bridgehead atoms. The van der Waals surface area contributed by atoms with Crippen LogP contribution in [0.15, 0.2) is 38.9 Å². The van der Waals surface area contributed by atoms with Gasteiger partial charge in [-0.15, -0.1) is 0 Å². The number of oxazole rings is 1. The van der Waals surface area contributed by atoms with E-state index < -0.39 is 0 Å². The standard InChI is InChI=1S/C19H16N8O2/c1-9-12(10-6-22-19(20)23-7-10)4-5-13-16(9)27(11-2-3-11)18(28)15-17(13)29-14(25-15)8-24-26-21/h4-7,11H,2-3,8H2,1H3,(H2,20,22,23). The highest BCUT2D eigenvalue weighted by Gasteiger charge is 2.30. The minimum atomic E-state index is -0.195. The minimum absolute atomic E-state index is 0.0462. The zero-order valence-electron chi connectivity index (χ0n) is 15.5. The van der Waals surface area contributed by atoms with Gasteiger partial charge in [-0.25, -0.2) is 15.0 Å². The molecule has 1 aliphatic rings. The number of pyridine rings is 1. The van der Waals surface area contributed by atoms with E-state index in [1.807, 2.05) is 23.6 Å². The lowest BCUT2D eigenvalue weighted by atomic mass is 9.99. The number of benzene rings is 1. The average molecular weight is 388 g/mol. The molecule has 0 unspecified atom stereocenters. The highest BCUT2D eigenvalue weighted by atomic mass is 16.3. The van der Waals surface area contributed by atoms with Crippen LogP contribution in [0.25, 0.3) is 43.6 Å². The van der Waals surface area contributed by atoms with Gasteiger partial charge in [-0.1, -0.05) is 11.2 Å². The second-order valence-electron chi connectivity index (χ2n) is 7.04. The molecule has 29 heavy (non-hydrogen) atoms. The molecular formula is C19H16N8O2. The number of hydrogen-bond donors (Lipinski definition) is 1. The maximum atomic E-state index is 13.3. The third kappa shape index (κ3) is 2.69. The van der Waals surface area contributed by atoms with Crippen LogP contribution in [0, 0.1) is 6.92 Å². The minimum Gasteiger partial charge on any atom is -0.440 e. The number of hydrogen-bond acceptors (Lipinski definition) is 7. The van der Waals surface area contributed by atoms with Crippen LogP contribution in [0.5, 0.6) is 0 Å². The fourth-order valence-electron chi connectivity index (χ4n) is 3.73. The fraction of sp³-hybridized carbons (Fsp3) is 0.263. The molecule has 1 saturated carbocycles. The van der Waals surface area contributed by atoms with Gasteiger partial charge in [0.05, 0.1) is 5.52 Å². The van der Waals surface area contributed by atoms with Crippen molar-refractivity contribution in [1.29, 1.82) is 0 Å². The van der Waals surface area contributed by atoms with E-state index in [-0.39, 0.29) is 35.5 Å². The first-order chi connectivity index (χ1) is 14.1. The lowest BCUT2D eigenvalue weighted by Gasteiger charge is -2.15. The van der Waals surface area contributed by atoms with Crippen molar-refractivity contribution < 1.29 is 4.42 Å². The number of aryl methyl sites for hydroxylation is 1. The summed E-state index contributed by atoms with van der Waals surface area (Å²) >= 11 is 0. The Kier molecular flexibility index (Phi) is 3.75. The van der Waals surface area contributed by atoms with E-state index in [0.29, 0.717) is 5.58 Å². The number of nitrogens with zero attached hydrogens (tertiary/aromatic N) is 7. The molecule has 0 radical (unpaired) electrons. The summed E-state index contributed by atoms with van der Waals surface area (Å²) in [6.07, 6.45) is 5.22. The van der Waals surface area contributed by atoms with Gasteiger partial charge in [0.2, 0.25) is 11.8 Å². The lowest BCUT2D eigenvalue weighted by molar-refractivity contribution is 0.535. The summed E-state index contributed by atoms with van der Waals surface area (Å²) in [6, 6.07) is 4.00. The molecule has 4 aromatic rings. The molecule has 3 heterocycles. The first-order valence-electron chi connectivity index (χ1n) is 9.14. The normalized spacial score (nSPS) is 13.7. The summed E-state index contributed by atoms with van der Waals surface area (Å²) in [5, 5.41) is 4.28. The van der Waals surface area contributed by atoms with Crippen LogP contribution in [0.4, 0.5) is 5.95 Å². The van der Waals surface area contributed by atoms with E-state index in [1.165, 1.54) is 0 Å². The van der Waals surface area contributed by atoms with Gasteiger partial charge in [0.25, 0.3) is 5.56 Å². The molecule has 1 aliphatic carbocycles. The summed E-state index contributed by atoms with van der Waals surface area (Å²) in [7, 11) is 0. The summed E-state index contributed by atoms with van der Waals surface area (Å²) in [5.74, 6) is 0.427. The number of fused-ring (bicyclic) bond motifs is 3. The van der Waals surface area contributed by atoms with Crippen LogP contribution >= 0.6 is 0 Å². The van der Waals surface area contributed by atoms with Crippen molar-refractivity contribution in [3.63, 3.8) is 0 Å². The third-order valence-corrected chi connectivity index (χ3v) is 5.17. The smallest absolute Gasteiger partial charge is 0.281 e. The zero-order valence-corrected chi connectivity index (χ0v) is 15.5. The van der Waals surface area contributed by atoms with Crippen molar-refractivity contribution >= 4 is 28.0 Å². The molecule has 10 heteroatoms. The van der Waals surface area contributed by atoms with Crippen LogP contribution in [0.3, 0.4) is 0 Å². The van der Waals surface area contributed by atoms with Crippen LogP contribution < -0.4 is 11.3 Å². The Morgan fingerprint density at radius 1 is 1.34 bits per heavy atom. The first-order valence-corrected chi connectivity index (χ1v) is 9.14. The molecule has 0 spiro atoms. The number of anilines is 1. The monoisotopic (exact) mass is 388 g/mol. The molecule has 0 aliphatic heterocycles. The van der Waals surface area contributed by atoms with Gasteiger partial charge in [0.1, 0.15) is 6.54 Å². The average Bonchev–Trinajstić information content (AvgIpc) is 3.46. The number of aromatic nitrogens is 4. The highest BCUT2D eigenvalue weighted by Crippen LogP contribution is 2.40. The Bertz CT molecular complexity index is 1380. The maximum absolute atomic E-state index is 13.3. The van der Waals surface area contributed by atoms with Crippen molar-refractivity contribution in [3.05, 3.63) is 56.8 Å². The molecule has 144 valence electrons. The van der Waals surface area contributed by atoms with Gasteiger partial charge < -0.3 is 14.7 Å². The zero-order chi connectivity index (χ0) is 20.1. The van der Waals surface area contributed by atoms with E-state index in [2.05, 4.69) is 25.0 Å². The van der Waals surface area contributed by atoms with E-state index in [0.717, 1.165) is 40.4 Å². The number of nitrogen functional groups attached to an aromatic ring is 1. The Labute approximate surface area is 163 Å². The first kappa shape index (κ1) is 17.2. The Balaban J connectivity index is 1.84. The Hall–Kier alpha value is -3.91. The van der Waals surface area contributed by atoms with Crippen LogP contribution in [-0.4, -0.2) is 19.5 Å². The second-order valence-corrected chi connectivity index (χ2v) is 7.04. The molecule has 1 aromatic carbocycles. The van der Waals surface area contributed by atoms with E-state index >= 15 is 0 Å². The second kappa shape index (κ2) is 6.32. The molecule has 3 aromatic heterocycles. The van der Waals surface area contributed by atoms with Crippen LogP contribution in [-0.2, 0) is 6.54 Å². The maximum Gasteiger partial charge on any atom is 0.281 e. The molecule has 1 fully saturated rings. The Morgan fingerprint density at radius 3 is 2.79 bits per heavy atom. The van der Waals surface area contributed by atoms with Gasteiger partial charge in [0, 0.05) is 34.3 Å². The molecule has 10 nitrogen and oxygen atoms in total. The SMILES string of the molecule is Cc1c(-c2cnc(N)nc2)ccc2c3oc(CN=[N+]=[N-])nc3c(=O)n(C3CC3)c12. The van der Waals surface area contributed by atoms with Crippen molar-refractivity contribution in [3.8, 4) is 11.1 Å². The number of nitrogens with two attached hydrogens (primary N) is 1. The Morgan fingerprint density at radius 2 is 2.10 bits per heavy atom. The quantitative estimate of drug-likeness (QED) is 0.320. The lowest BCUT2D eigenvalue weighted by Crippen LogP contribution is -2.20. The molecule has 0 atom stereocenters. The highest BCUT2D eigenvalue weighted by molar-refractivity contribution is 6.04. The number of rotatable bonds is 4. The van der Waals surface area contributed by atoms with Crippen molar-refractivity contribution in [2.75, 3.05) is 5.73 Å². The molecule has 0 amide bonds. The van der Waals surface area contributed by atoms with Gasteiger partial charge in [-0.05, 0) is 42.5 Å². The summed E-state index contributed by atoms with van der Waals surface area (Å²) in [6.45, 7) is 1.92. The summed E-state index contributed by atoms with van der Waals surface area (Å²) in [5.41, 5.74) is 18.1. The van der Waals surface area contributed by atoms with Gasteiger partial charge >= 0.3 is 0 Å². The summed E-state index contributed by atoms with van der Waals surface area (Å²) < 4.78 is 7.62. The molecular weight excluding hydrogens is 372 g/mol. The van der Waals surface area contributed by atoms with Gasteiger partial charge in [0.15, 0.2) is 11.1 Å². The van der Waals surface area contributed by atoms with Gasteiger partial charge in [-0.2, -0.15) is 0 Å². The van der Waals surface area contributed by atoms with Gasteiger partial charge in [-0.3, -0.25) is 4.79 Å². The van der Waals surface area contributed by atoms with Crippen molar-refractivity contribution in [1.82, 2.24) is 19.5 Å². The fourth-order valence-corrected chi connectivity index (χ4v) is 3.73. The van der Waals surface area contributed by atoms with E-state index in [1.54, 1.807) is 12.4 Å². The van der Waals surface area contributed by atoms with Crippen LogP contribution in [0.1, 0.15) is 30.3 Å². The largest absolute Gasteiger partial charge is 0.440 e. The number of azide groups is 1. The molecule has 5 rings (SSSR count). The molecule has 0 saturated heterocycles. The van der Waals surface area contributed by atoms with E-state index in [4.69, 9.17) is 15.7 Å².